The van der Waals surface area contributed by atoms with Crippen LogP contribution in [-0.4, -0.2) is 10.9 Å². The molecule has 0 saturated carbocycles. The Bertz CT molecular complexity index is 910. The summed E-state index contributed by atoms with van der Waals surface area (Å²) in [6.07, 6.45) is 1.58. The van der Waals surface area contributed by atoms with Crippen LogP contribution in [0.1, 0.15) is 35.7 Å². The molecular weight excluding hydrogens is 329 g/mol. The summed E-state index contributed by atoms with van der Waals surface area (Å²) in [6.45, 7) is 3.88. The predicted molar refractivity (Wildman–Crippen MR) is 102 cm³/mol. The third-order valence-corrected chi connectivity index (χ3v) is 3.97. The molecule has 0 aliphatic carbocycles. The van der Waals surface area contributed by atoms with Crippen LogP contribution in [0.5, 0.6) is 0 Å². The molecule has 0 saturated heterocycles. The molecule has 0 fully saturated rings. The van der Waals surface area contributed by atoms with E-state index >= 15 is 0 Å². The van der Waals surface area contributed by atoms with Gasteiger partial charge in [0.15, 0.2) is 0 Å². The Labute approximate surface area is 152 Å². The van der Waals surface area contributed by atoms with Crippen molar-refractivity contribution in [2.24, 2.45) is 0 Å². The Kier molecular flexibility index (Phi) is 5.27. The average molecular weight is 349 g/mol. The minimum atomic E-state index is -0.286. The summed E-state index contributed by atoms with van der Waals surface area (Å²) in [6, 6.07) is 17.5. The van der Waals surface area contributed by atoms with E-state index in [1.54, 1.807) is 42.6 Å². The lowest BCUT2D eigenvalue weighted by Gasteiger charge is -2.13. The van der Waals surface area contributed by atoms with Crippen molar-refractivity contribution in [3.8, 4) is 0 Å². The van der Waals surface area contributed by atoms with Crippen LogP contribution >= 0.6 is 0 Å². The maximum atomic E-state index is 14.2. The van der Waals surface area contributed by atoms with Gasteiger partial charge in [0.05, 0.1) is 5.56 Å². The van der Waals surface area contributed by atoms with Gasteiger partial charge in [0.2, 0.25) is 0 Å². The highest BCUT2D eigenvalue weighted by molar-refractivity contribution is 6.07. The first-order chi connectivity index (χ1) is 12.5. The minimum Gasteiger partial charge on any atom is -0.339 e. The first-order valence-corrected chi connectivity index (χ1v) is 8.42. The molecule has 26 heavy (non-hydrogen) atoms. The number of halogens is 1. The summed E-state index contributed by atoms with van der Waals surface area (Å²) in [5.74, 6) is -0.0916. The van der Waals surface area contributed by atoms with Gasteiger partial charge >= 0.3 is 0 Å². The molecule has 0 unspecified atom stereocenters. The van der Waals surface area contributed by atoms with Crippen LogP contribution in [-0.2, 0) is 0 Å². The van der Waals surface area contributed by atoms with Crippen LogP contribution in [0.15, 0.2) is 66.9 Å². The molecule has 3 rings (SSSR count). The summed E-state index contributed by atoms with van der Waals surface area (Å²) in [5, 5.41) is 5.86. The molecule has 2 N–H and O–H groups in total. The van der Waals surface area contributed by atoms with Gasteiger partial charge in [-0.15, -0.1) is 0 Å². The SMILES string of the molecule is CC(C)c1ccc(Nc2ncccc2C(=O)Nc2ccccc2)cc1F. The fraction of sp³-hybridized carbons (Fsp3) is 0.143. The Morgan fingerprint density at radius 2 is 1.77 bits per heavy atom. The lowest BCUT2D eigenvalue weighted by Crippen LogP contribution is -2.14. The molecule has 0 aliphatic heterocycles. The largest absolute Gasteiger partial charge is 0.339 e. The van der Waals surface area contributed by atoms with Crippen molar-refractivity contribution in [2.45, 2.75) is 19.8 Å². The van der Waals surface area contributed by atoms with E-state index in [0.29, 0.717) is 28.3 Å². The summed E-state index contributed by atoms with van der Waals surface area (Å²) in [5.41, 5.74) is 2.27. The lowest BCUT2D eigenvalue weighted by molar-refractivity contribution is 0.102. The van der Waals surface area contributed by atoms with E-state index in [9.17, 15) is 9.18 Å². The van der Waals surface area contributed by atoms with Gasteiger partial charge in [-0.2, -0.15) is 0 Å². The smallest absolute Gasteiger partial charge is 0.259 e. The number of rotatable bonds is 5. The van der Waals surface area contributed by atoms with E-state index in [2.05, 4.69) is 15.6 Å². The molecule has 1 amide bonds. The normalized spacial score (nSPS) is 10.6. The first kappa shape index (κ1) is 17.6. The number of hydrogen-bond donors (Lipinski definition) is 2. The maximum Gasteiger partial charge on any atom is 0.259 e. The number of nitrogens with zero attached hydrogens (tertiary/aromatic N) is 1. The second-order valence-electron chi connectivity index (χ2n) is 6.24. The van der Waals surface area contributed by atoms with E-state index in [1.165, 1.54) is 6.07 Å². The number of carbonyl (C=O) groups excluding carboxylic acids is 1. The molecule has 3 aromatic rings. The fourth-order valence-corrected chi connectivity index (χ4v) is 2.62. The molecule has 0 aliphatic rings. The van der Waals surface area contributed by atoms with Crippen LogP contribution in [0.2, 0.25) is 0 Å². The van der Waals surface area contributed by atoms with Crippen LogP contribution in [0.3, 0.4) is 0 Å². The number of carbonyl (C=O) groups is 1. The fourth-order valence-electron chi connectivity index (χ4n) is 2.62. The van der Waals surface area contributed by atoms with Gasteiger partial charge < -0.3 is 10.6 Å². The standard InChI is InChI=1S/C21H20FN3O/c1-14(2)17-11-10-16(13-19(17)22)24-20-18(9-6-12-23-20)21(26)25-15-7-4-3-5-8-15/h3-14H,1-2H3,(H,23,24)(H,25,26). The molecule has 2 aromatic carbocycles. The Hall–Kier alpha value is -3.21. The number of amides is 1. The molecule has 4 nitrogen and oxygen atoms in total. The summed E-state index contributed by atoms with van der Waals surface area (Å²) < 4.78 is 14.2. The van der Waals surface area contributed by atoms with Gasteiger partial charge in [0.1, 0.15) is 11.6 Å². The highest BCUT2D eigenvalue weighted by Crippen LogP contribution is 2.25. The van der Waals surface area contributed by atoms with E-state index in [-0.39, 0.29) is 17.6 Å². The quantitative estimate of drug-likeness (QED) is 0.654. The van der Waals surface area contributed by atoms with Crippen molar-refractivity contribution >= 4 is 23.1 Å². The average Bonchev–Trinajstić information content (AvgIpc) is 2.62. The third kappa shape index (κ3) is 4.06. The molecule has 0 atom stereocenters. The molecule has 0 bridgehead atoms. The number of benzene rings is 2. The number of aromatic nitrogens is 1. The highest BCUT2D eigenvalue weighted by Gasteiger charge is 2.14. The van der Waals surface area contributed by atoms with Gasteiger partial charge in [-0.05, 0) is 47.9 Å². The monoisotopic (exact) mass is 349 g/mol. The Balaban J connectivity index is 1.83. The van der Waals surface area contributed by atoms with Crippen LogP contribution in [0, 0.1) is 5.82 Å². The molecule has 0 spiro atoms. The van der Waals surface area contributed by atoms with E-state index in [4.69, 9.17) is 0 Å². The second kappa shape index (κ2) is 7.78. The number of hydrogen-bond acceptors (Lipinski definition) is 3. The molecule has 0 radical (unpaired) electrons. The second-order valence-corrected chi connectivity index (χ2v) is 6.24. The molecule has 1 heterocycles. The van der Waals surface area contributed by atoms with Crippen LogP contribution in [0.25, 0.3) is 0 Å². The highest BCUT2D eigenvalue weighted by atomic mass is 19.1. The van der Waals surface area contributed by atoms with Crippen molar-refractivity contribution in [1.29, 1.82) is 0 Å². The number of anilines is 3. The van der Waals surface area contributed by atoms with E-state index in [1.807, 2.05) is 32.0 Å². The molecule has 5 heteroatoms. The van der Waals surface area contributed by atoms with E-state index in [0.717, 1.165) is 0 Å². The number of pyridine rings is 1. The van der Waals surface area contributed by atoms with Gasteiger partial charge in [-0.3, -0.25) is 4.79 Å². The van der Waals surface area contributed by atoms with Crippen LogP contribution in [0.4, 0.5) is 21.6 Å². The van der Waals surface area contributed by atoms with Crippen molar-refractivity contribution in [2.75, 3.05) is 10.6 Å². The molecular formula is C21H20FN3O. The van der Waals surface area contributed by atoms with Crippen molar-refractivity contribution < 1.29 is 9.18 Å². The van der Waals surface area contributed by atoms with Crippen molar-refractivity contribution in [3.63, 3.8) is 0 Å². The van der Waals surface area contributed by atoms with Crippen molar-refractivity contribution in [1.82, 2.24) is 4.98 Å². The summed E-state index contributed by atoms with van der Waals surface area (Å²) in [7, 11) is 0. The van der Waals surface area contributed by atoms with Gasteiger partial charge in [-0.25, -0.2) is 9.37 Å². The topological polar surface area (TPSA) is 54.0 Å². The number of para-hydroxylation sites is 1. The van der Waals surface area contributed by atoms with E-state index < -0.39 is 0 Å². The minimum absolute atomic E-state index is 0.103. The maximum absolute atomic E-state index is 14.2. The third-order valence-electron chi connectivity index (χ3n) is 3.97. The first-order valence-electron chi connectivity index (χ1n) is 8.42. The van der Waals surface area contributed by atoms with Crippen molar-refractivity contribution in [3.05, 3.63) is 83.8 Å². The molecule has 1 aromatic heterocycles. The number of nitrogens with one attached hydrogen (secondary N) is 2. The van der Waals surface area contributed by atoms with Gasteiger partial charge in [0, 0.05) is 17.6 Å². The Morgan fingerprint density at radius 3 is 2.46 bits per heavy atom. The van der Waals surface area contributed by atoms with Crippen LogP contribution < -0.4 is 10.6 Å². The van der Waals surface area contributed by atoms with Gasteiger partial charge in [-0.1, -0.05) is 38.1 Å². The lowest BCUT2D eigenvalue weighted by atomic mass is 10.0. The summed E-state index contributed by atoms with van der Waals surface area (Å²) >= 11 is 0. The Morgan fingerprint density at radius 1 is 1.00 bits per heavy atom. The zero-order chi connectivity index (χ0) is 18.5. The predicted octanol–water partition coefficient (Wildman–Crippen LogP) is 5.34. The zero-order valence-electron chi connectivity index (χ0n) is 14.7. The molecule has 132 valence electrons. The van der Waals surface area contributed by atoms with Gasteiger partial charge in [0.25, 0.3) is 5.91 Å². The summed E-state index contributed by atoms with van der Waals surface area (Å²) in [4.78, 5) is 16.8. The zero-order valence-corrected chi connectivity index (χ0v) is 14.7.